The smallest absolute Gasteiger partial charge is 0.350 e. The first kappa shape index (κ1) is 16.8. The second kappa shape index (κ2) is 6.46. The van der Waals surface area contributed by atoms with Crippen molar-refractivity contribution >= 4 is 41.9 Å². The number of thiophene rings is 1. The van der Waals surface area contributed by atoms with Crippen LogP contribution in [0, 0.1) is 0 Å². The number of imidazole rings is 1. The third kappa shape index (κ3) is 3.55. The average molecular weight is 370 g/mol. The summed E-state index contributed by atoms with van der Waals surface area (Å²) in [7, 11) is -4.21. The van der Waals surface area contributed by atoms with Crippen molar-refractivity contribution in [1.82, 2.24) is 19.5 Å². The Labute approximate surface area is 140 Å². The van der Waals surface area contributed by atoms with Crippen molar-refractivity contribution in [1.29, 1.82) is 0 Å². The van der Waals surface area contributed by atoms with E-state index < -0.39 is 13.9 Å². The molecule has 0 unspecified atom stereocenters. The van der Waals surface area contributed by atoms with Crippen LogP contribution in [0.4, 0.5) is 11.8 Å². The quantitative estimate of drug-likeness (QED) is 0.364. The summed E-state index contributed by atoms with van der Waals surface area (Å²) in [5.74, 6) is 0.802. The van der Waals surface area contributed by atoms with Gasteiger partial charge in [-0.05, 0) is 11.4 Å². The summed E-state index contributed by atoms with van der Waals surface area (Å²) >= 11 is 1.51. The maximum absolute atomic E-state index is 10.8. The van der Waals surface area contributed by atoms with E-state index in [1.807, 2.05) is 16.8 Å². The summed E-state index contributed by atoms with van der Waals surface area (Å²) in [4.78, 5) is 30.2. The number of hydrogen-bond donors (Lipinski definition) is 4. The van der Waals surface area contributed by atoms with E-state index in [0.717, 1.165) is 5.56 Å². The van der Waals surface area contributed by atoms with Crippen LogP contribution in [0.2, 0.25) is 0 Å². The molecule has 3 rings (SSSR count). The SMILES string of the molecule is Nc1nc(N)c2nc(-c3ccsc3)n(CCOCP(=O)(O)O)c2n1. The number of nitrogens with two attached hydrogens (primary N) is 2. The van der Waals surface area contributed by atoms with E-state index in [-0.39, 0.29) is 24.9 Å². The van der Waals surface area contributed by atoms with Crippen LogP contribution in [0.1, 0.15) is 0 Å². The minimum absolute atomic E-state index is 0.0224. The van der Waals surface area contributed by atoms with Crippen LogP contribution in [0.3, 0.4) is 0 Å². The maximum atomic E-state index is 10.8. The first-order chi connectivity index (χ1) is 11.3. The molecule has 6 N–H and O–H groups in total. The van der Waals surface area contributed by atoms with Crippen LogP contribution in [0.25, 0.3) is 22.6 Å². The molecule has 10 nitrogen and oxygen atoms in total. The van der Waals surface area contributed by atoms with Crippen molar-refractivity contribution in [2.24, 2.45) is 0 Å². The van der Waals surface area contributed by atoms with Crippen LogP contribution >= 0.6 is 18.9 Å². The molecule has 3 aromatic heterocycles. The zero-order valence-electron chi connectivity index (χ0n) is 12.4. The fraction of sp³-hybridized carbons (Fsp3) is 0.250. The Hall–Kier alpha value is -2.04. The Morgan fingerprint density at radius 1 is 1.29 bits per heavy atom. The molecule has 3 aromatic rings. The second-order valence-electron chi connectivity index (χ2n) is 4.94. The van der Waals surface area contributed by atoms with Crippen molar-refractivity contribution in [3.8, 4) is 11.4 Å². The molecule has 128 valence electrons. The molecule has 0 aliphatic rings. The summed E-state index contributed by atoms with van der Waals surface area (Å²) in [6, 6.07) is 1.89. The largest absolute Gasteiger partial charge is 0.382 e. The monoisotopic (exact) mass is 370 g/mol. The summed E-state index contributed by atoms with van der Waals surface area (Å²) in [6.45, 7) is 0.342. The Kier molecular flexibility index (Phi) is 4.52. The zero-order valence-corrected chi connectivity index (χ0v) is 14.1. The van der Waals surface area contributed by atoms with Crippen LogP contribution in [-0.2, 0) is 15.8 Å². The molecule has 0 atom stereocenters. The molecule has 0 aromatic carbocycles. The van der Waals surface area contributed by atoms with Crippen LogP contribution in [-0.4, -0.2) is 42.3 Å². The van der Waals surface area contributed by atoms with Crippen LogP contribution in [0.5, 0.6) is 0 Å². The van der Waals surface area contributed by atoms with Crippen molar-refractivity contribution in [3.63, 3.8) is 0 Å². The highest BCUT2D eigenvalue weighted by Crippen LogP contribution is 2.34. The number of nitrogen functional groups attached to an aromatic ring is 2. The van der Waals surface area contributed by atoms with E-state index in [1.54, 1.807) is 4.57 Å². The molecule has 0 amide bonds. The number of ether oxygens (including phenoxy) is 1. The lowest BCUT2D eigenvalue weighted by molar-refractivity contribution is 0.149. The Balaban J connectivity index is 1.97. The molecule has 0 spiro atoms. The van der Waals surface area contributed by atoms with Gasteiger partial charge >= 0.3 is 7.60 Å². The maximum Gasteiger partial charge on any atom is 0.350 e. The molecule has 24 heavy (non-hydrogen) atoms. The highest BCUT2D eigenvalue weighted by atomic mass is 32.1. The highest BCUT2D eigenvalue weighted by molar-refractivity contribution is 7.51. The predicted molar refractivity (Wildman–Crippen MR) is 90.3 cm³/mol. The molecule has 0 fully saturated rings. The van der Waals surface area contributed by atoms with E-state index >= 15 is 0 Å². The van der Waals surface area contributed by atoms with Gasteiger partial charge in [-0.2, -0.15) is 21.3 Å². The zero-order chi connectivity index (χ0) is 17.3. The highest BCUT2D eigenvalue weighted by Gasteiger charge is 2.18. The van der Waals surface area contributed by atoms with Gasteiger partial charge in [0.1, 0.15) is 12.2 Å². The van der Waals surface area contributed by atoms with Gasteiger partial charge in [0, 0.05) is 17.5 Å². The van der Waals surface area contributed by atoms with Crippen molar-refractivity contribution in [2.75, 3.05) is 24.4 Å². The second-order valence-corrected chi connectivity index (χ2v) is 7.31. The molecular weight excluding hydrogens is 355 g/mol. The Morgan fingerprint density at radius 2 is 2.08 bits per heavy atom. The molecule has 12 heteroatoms. The molecule has 0 aliphatic heterocycles. The fourth-order valence-electron chi connectivity index (χ4n) is 2.20. The van der Waals surface area contributed by atoms with Crippen LogP contribution < -0.4 is 11.5 Å². The first-order valence-electron chi connectivity index (χ1n) is 6.79. The molecule has 3 heterocycles. The van der Waals surface area contributed by atoms with Gasteiger partial charge in [0.25, 0.3) is 0 Å². The minimum atomic E-state index is -4.21. The van der Waals surface area contributed by atoms with Gasteiger partial charge in [0.2, 0.25) is 5.95 Å². The summed E-state index contributed by atoms with van der Waals surface area (Å²) in [5.41, 5.74) is 13.3. The molecule has 0 saturated heterocycles. The average Bonchev–Trinajstić information content (AvgIpc) is 3.10. The predicted octanol–water partition coefficient (Wildman–Crippen LogP) is 0.871. The lowest BCUT2D eigenvalue weighted by Crippen LogP contribution is -2.10. The van der Waals surface area contributed by atoms with Gasteiger partial charge in [-0.1, -0.05) is 0 Å². The van der Waals surface area contributed by atoms with Gasteiger partial charge in [-0.25, -0.2) is 4.98 Å². The summed E-state index contributed by atoms with van der Waals surface area (Å²) in [5, 5.41) is 3.83. The van der Waals surface area contributed by atoms with E-state index in [9.17, 15) is 4.57 Å². The molecule has 0 radical (unpaired) electrons. The third-order valence-electron chi connectivity index (χ3n) is 3.14. The Bertz CT molecular complexity index is 906. The normalized spacial score (nSPS) is 12.1. The minimum Gasteiger partial charge on any atom is -0.382 e. The van der Waals surface area contributed by atoms with Crippen LogP contribution in [0.15, 0.2) is 16.8 Å². The first-order valence-corrected chi connectivity index (χ1v) is 9.53. The fourth-order valence-corrected chi connectivity index (χ4v) is 3.20. The third-order valence-corrected chi connectivity index (χ3v) is 4.34. The standard InChI is InChI=1S/C12H15N6O4PS/c13-9-8-11(17-12(14)16-9)18(2-3-22-6-23(19,20)21)10(15-8)7-1-4-24-5-7/h1,4-5H,2-3,6H2,(H2,19,20,21)(H4,13,14,16,17). The lowest BCUT2D eigenvalue weighted by Gasteiger charge is -2.09. The molecular formula is C12H15N6O4PS. The molecule has 0 bridgehead atoms. The van der Waals surface area contributed by atoms with E-state index in [4.69, 9.17) is 26.0 Å². The molecule has 0 saturated carbocycles. The van der Waals surface area contributed by atoms with E-state index in [2.05, 4.69) is 15.0 Å². The molecule has 0 aliphatic carbocycles. The number of hydrogen-bond acceptors (Lipinski definition) is 8. The van der Waals surface area contributed by atoms with E-state index in [0.29, 0.717) is 17.0 Å². The number of aromatic nitrogens is 4. The van der Waals surface area contributed by atoms with Gasteiger partial charge in [0.15, 0.2) is 17.0 Å². The van der Waals surface area contributed by atoms with Crippen molar-refractivity contribution < 1.29 is 19.1 Å². The number of anilines is 2. The van der Waals surface area contributed by atoms with Gasteiger partial charge in [0.05, 0.1) is 6.61 Å². The van der Waals surface area contributed by atoms with Gasteiger partial charge < -0.3 is 30.6 Å². The number of rotatable bonds is 6. The topological polar surface area (TPSA) is 162 Å². The van der Waals surface area contributed by atoms with Crippen molar-refractivity contribution in [2.45, 2.75) is 6.54 Å². The Morgan fingerprint density at radius 3 is 2.75 bits per heavy atom. The van der Waals surface area contributed by atoms with Gasteiger partial charge in [-0.3, -0.25) is 4.57 Å². The summed E-state index contributed by atoms with van der Waals surface area (Å²) in [6.07, 6.45) is -0.646. The van der Waals surface area contributed by atoms with E-state index in [1.165, 1.54) is 11.3 Å². The van der Waals surface area contributed by atoms with Crippen molar-refractivity contribution in [3.05, 3.63) is 16.8 Å². The number of nitrogens with zero attached hydrogens (tertiary/aromatic N) is 4. The number of fused-ring (bicyclic) bond motifs is 1. The van der Waals surface area contributed by atoms with Gasteiger partial charge in [-0.15, -0.1) is 0 Å². The summed E-state index contributed by atoms with van der Waals surface area (Å²) < 4.78 is 17.6. The lowest BCUT2D eigenvalue weighted by atomic mass is 10.3.